The molecule has 5 rings (SSSR count). The van der Waals surface area contributed by atoms with Gasteiger partial charge in [-0.1, -0.05) is 66.7 Å². The number of carbonyl (C=O) groups excluding carboxylic acids is 1. The van der Waals surface area contributed by atoms with Crippen molar-refractivity contribution in [3.05, 3.63) is 123 Å². The van der Waals surface area contributed by atoms with Crippen LogP contribution in [0, 0.1) is 10.1 Å². The number of amidine groups is 1. The number of aromatic carboxylic acids is 1. The number of carbonyl (C=O) groups is 2. The summed E-state index contributed by atoms with van der Waals surface area (Å²) < 4.78 is 12.7. The Morgan fingerprint density at radius 1 is 1.00 bits per heavy atom. The van der Waals surface area contributed by atoms with Crippen molar-refractivity contribution in [2.75, 3.05) is 6.61 Å². The largest absolute Gasteiger partial charge is 0.478 e. The Kier molecular flexibility index (Phi) is 9.57. The van der Waals surface area contributed by atoms with Crippen LogP contribution in [0.1, 0.15) is 34.0 Å². The summed E-state index contributed by atoms with van der Waals surface area (Å²) in [7, 11) is 0. The zero-order chi connectivity index (χ0) is 33.5. The lowest BCUT2D eigenvalue weighted by Crippen LogP contribution is -2.37. The van der Waals surface area contributed by atoms with Gasteiger partial charge in [0.05, 0.1) is 29.7 Å². The Morgan fingerprint density at radius 2 is 1.72 bits per heavy atom. The fourth-order valence-corrected chi connectivity index (χ4v) is 4.84. The number of carboxylic acids is 1. The highest BCUT2D eigenvalue weighted by molar-refractivity contribution is 6.04. The fraction of sp³-hybridized carbons (Fsp3) is 0.125. The first-order chi connectivity index (χ1) is 22.6. The summed E-state index contributed by atoms with van der Waals surface area (Å²) in [6.45, 7) is 2.16. The summed E-state index contributed by atoms with van der Waals surface area (Å²) in [5, 5.41) is 23.8. The SMILES string of the molecule is CCOc1nc2cccc(C(=O)O)c2n1Cc1ccc(-c2ccccc2/C(N)=N/N(N)C(=O)Oc2cccc(CO[N+](=O)[O-])c2)cc1. The van der Waals surface area contributed by atoms with Gasteiger partial charge >= 0.3 is 12.1 Å². The highest BCUT2D eigenvalue weighted by atomic mass is 16.9. The van der Waals surface area contributed by atoms with Gasteiger partial charge in [-0.05, 0) is 53.4 Å². The van der Waals surface area contributed by atoms with Crippen LogP contribution in [0.5, 0.6) is 11.8 Å². The molecule has 240 valence electrons. The van der Waals surface area contributed by atoms with Crippen molar-refractivity contribution in [3.8, 4) is 22.9 Å². The predicted molar refractivity (Wildman–Crippen MR) is 170 cm³/mol. The predicted octanol–water partition coefficient (Wildman–Crippen LogP) is 4.55. The quantitative estimate of drug-likeness (QED) is 0.0430. The Morgan fingerprint density at radius 3 is 2.45 bits per heavy atom. The number of ether oxygens (including phenoxy) is 2. The number of rotatable bonds is 12. The summed E-state index contributed by atoms with van der Waals surface area (Å²) in [6.07, 6.45) is -1.05. The van der Waals surface area contributed by atoms with E-state index in [0.717, 1.165) is 11.1 Å². The number of benzene rings is 4. The number of hydrogen-bond acceptors (Lipinski definition) is 10. The van der Waals surface area contributed by atoms with Crippen molar-refractivity contribution in [3.63, 3.8) is 0 Å². The molecule has 0 bridgehead atoms. The Balaban J connectivity index is 1.35. The van der Waals surface area contributed by atoms with Crippen molar-refractivity contribution in [2.45, 2.75) is 20.1 Å². The minimum absolute atomic E-state index is 0.0651. The van der Waals surface area contributed by atoms with Crippen LogP contribution in [0.2, 0.25) is 0 Å². The first-order valence-corrected chi connectivity index (χ1v) is 14.2. The molecule has 0 fully saturated rings. The maximum atomic E-state index is 12.6. The molecule has 0 aliphatic heterocycles. The van der Waals surface area contributed by atoms with E-state index in [-0.39, 0.29) is 23.8 Å². The first-order valence-electron chi connectivity index (χ1n) is 14.2. The van der Waals surface area contributed by atoms with Gasteiger partial charge < -0.3 is 25.2 Å². The Hall–Kier alpha value is -6.48. The van der Waals surface area contributed by atoms with E-state index >= 15 is 0 Å². The normalized spacial score (nSPS) is 11.2. The number of hydrazone groups is 1. The van der Waals surface area contributed by atoms with Gasteiger partial charge in [0.25, 0.3) is 11.1 Å². The molecule has 5 aromatic rings. The Labute approximate surface area is 267 Å². The summed E-state index contributed by atoms with van der Waals surface area (Å²) in [4.78, 5) is 43.8. The number of fused-ring (bicyclic) bond motifs is 1. The van der Waals surface area contributed by atoms with E-state index in [9.17, 15) is 24.8 Å². The third-order valence-electron chi connectivity index (χ3n) is 6.89. The summed E-state index contributed by atoms with van der Waals surface area (Å²) in [5.41, 5.74) is 10.6. The molecule has 1 amide bonds. The molecule has 47 heavy (non-hydrogen) atoms. The van der Waals surface area contributed by atoms with E-state index in [1.165, 1.54) is 24.3 Å². The molecule has 0 saturated heterocycles. The molecular formula is C32H29N7O8. The zero-order valence-electron chi connectivity index (χ0n) is 25.0. The molecule has 1 aromatic heterocycles. The third-order valence-corrected chi connectivity index (χ3v) is 6.89. The zero-order valence-corrected chi connectivity index (χ0v) is 25.0. The molecule has 4 aromatic carbocycles. The number of amides is 1. The molecule has 0 atom stereocenters. The van der Waals surface area contributed by atoms with Gasteiger partial charge in [0.1, 0.15) is 12.4 Å². The monoisotopic (exact) mass is 639 g/mol. The molecule has 15 heteroatoms. The van der Waals surface area contributed by atoms with Crippen molar-refractivity contribution in [1.29, 1.82) is 0 Å². The number of hydrogen-bond donors (Lipinski definition) is 3. The van der Waals surface area contributed by atoms with Crippen LogP contribution in [0.25, 0.3) is 22.2 Å². The first kappa shape index (κ1) is 31.9. The van der Waals surface area contributed by atoms with E-state index in [0.29, 0.717) is 52.0 Å². The smallest absolute Gasteiger partial charge is 0.451 e. The number of nitrogens with zero attached hydrogens (tertiary/aromatic N) is 5. The van der Waals surface area contributed by atoms with Gasteiger partial charge in [0.15, 0.2) is 5.84 Å². The number of para-hydroxylation sites is 1. The fourth-order valence-electron chi connectivity index (χ4n) is 4.84. The maximum absolute atomic E-state index is 12.6. The topological polar surface area (TPSA) is 211 Å². The molecule has 0 saturated carbocycles. The van der Waals surface area contributed by atoms with Crippen molar-refractivity contribution < 1.29 is 34.1 Å². The molecule has 0 spiro atoms. The van der Waals surface area contributed by atoms with E-state index in [1.54, 1.807) is 34.9 Å². The van der Waals surface area contributed by atoms with Crippen LogP contribution in [-0.2, 0) is 18.0 Å². The minimum atomic E-state index is -1.06. The molecule has 0 unspecified atom stereocenters. The summed E-state index contributed by atoms with van der Waals surface area (Å²) >= 11 is 0. The average molecular weight is 640 g/mol. The van der Waals surface area contributed by atoms with Crippen LogP contribution in [-0.4, -0.2) is 49.4 Å². The van der Waals surface area contributed by atoms with Gasteiger partial charge in [-0.2, -0.15) is 4.98 Å². The summed E-state index contributed by atoms with van der Waals surface area (Å²) in [6, 6.07) is 25.8. The second-order valence-electron chi connectivity index (χ2n) is 9.98. The third kappa shape index (κ3) is 7.43. The van der Waals surface area contributed by atoms with Gasteiger partial charge in [0, 0.05) is 5.56 Å². The van der Waals surface area contributed by atoms with E-state index in [2.05, 4.69) is 14.9 Å². The standard InChI is InChI=1S/C32H29N7O8/c1-2-45-31-35-27-12-6-11-26(30(40)41)28(27)37(31)18-20-13-15-22(16-14-20)24-9-3-4-10-25(24)29(33)36-38(34)32(42)47-23-8-5-7-21(17-23)19-46-39(43)44/h3-17H,2,18-19,34H2,1H3,(H2,33,36)(H,40,41). The highest BCUT2D eigenvalue weighted by Crippen LogP contribution is 2.28. The molecule has 5 N–H and O–H groups in total. The van der Waals surface area contributed by atoms with Gasteiger partial charge in [-0.3, -0.25) is 4.57 Å². The number of imidazole rings is 1. The van der Waals surface area contributed by atoms with Crippen LogP contribution in [0.15, 0.2) is 96.1 Å². The van der Waals surface area contributed by atoms with Crippen molar-refractivity contribution in [1.82, 2.24) is 14.7 Å². The number of carboxylic acid groups (broad SMARTS) is 1. The van der Waals surface area contributed by atoms with Gasteiger partial charge in [-0.25, -0.2) is 15.4 Å². The van der Waals surface area contributed by atoms with Crippen LogP contribution >= 0.6 is 0 Å². The maximum Gasteiger partial charge on any atom is 0.451 e. The Bertz CT molecular complexity index is 1970. The highest BCUT2D eigenvalue weighted by Gasteiger charge is 2.19. The van der Waals surface area contributed by atoms with Crippen LogP contribution < -0.4 is 21.1 Å². The van der Waals surface area contributed by atoms with Crippen molar-refractivity contribution in [2.24, 2.45) is 16.7 Å². The lowest BCUT2D eigenvalue weighted by molar-refractivity contribution is -0.763. The van der Waals surface area contributed by atoms with Gasteiger partial charge in [0.2, 0.25) is 0 Å². The molecule has 0 radical (unpaired) electrons. The second-order valence-corrected chi connectivity index (χ2v) is 9.98. The lowest BCUT2D eigenvalue weighted by Gasteiger charge is -2.15. The van der Waals surface area contributed by atoms with Crippen LogP contribution in [0.3, 0.4) is 0 Å². The lowest BCUT2D eigenvalue weighted by atomic mass is 9.98. The van der Waals surface area contributed by atoms with E-state index in [1.807, 2.05) is 43.3 Å². The molecule has 1 heterocycles. The number of nitrogens with two attached hydrogens (primary N) is 2. The average Bonchev–Trinajstić information content (AvgIpc) is 3.41. The summed E-state index contributed by atoms with van der Waals surface area (Å²) in [5.74, 6) is 4.78. The molecule has 15 nitrogen and oxygen atoms in total. The van der Waals surface area contributed by atoms with Crippen molar-refractivity contribution >= 4 is 28.9 Å². The van der Waals surface area contributed by atoms with E-state index < -0.39 is 17.1 Å². The second kappa shape index (κ2) is 14.1. The molecule has 0 aliphatic rings. The molecule has 0 aliphatic carbocycles. The number of aromatic nitrogens is 2. The van der Waals surface area contributed by atoms with Gasteiger partial charge in [-0.15, -0.1) is 20.3 Å². The number of hydrazine groups is 1. The van der Waals surface area contributed by atoms with E-state index in [4.69, 9.17) is 21.1 Å². The molecular weight excluding hydrogens is 610 g/mol. The van der Waals surface area contributed by atoms with Crippen LogP contribution in [0.4, 0.5) is 4.79 Å². The minimum Gasteiger partial charge on any atom is -0.478 e.